The highest BCUT2D eigenvalue weighted by atomic mass is 15.2. The molecule has 1 fully saturated rings. The van der Waals surface area contributed by atoms with Gasteiger partial charge in [-0.25, -0.2) is 5.32 Å². The molecule has 1 rings (SSSR count). The van der Waals surface area contributed by atoms with Crippen LogP contribution in [0, 0.1) is 11.3 Å². The van der Waals surface area contributed by atoms with Gasteiger partial charge in [0.1, 0.15) is 0 Å². The average Bonchev–Trinajstić information content (AvgIpc) is 2.03. The van der Waals surface area contributed by atoms with Crippen molar-refractivity contribution in [3.8, 4) is 6.07 Å². The summed E-state index contributed by atoms with van der Waals surface area (Å²) in [6, 6.07) is 2.14. The van der Waals surface area contributed by atoms with Crippen LogP contribution in [-0.4, -0.2) is 37.6 Å². The molecule has 0 N–H and O–H groups in total. The normalized spacial score (nSPS) is 20.3. The van der Waals surface area contributed by atoms with Gasteiger partial charge in [-0.15, -0.1) is 0 Å². The first-order valence-corrected chi connectivity index (χ1v) is 3.66. The van der Waals surface area contributed by atoms with E-state index in [1.54, 1.807) is 0 Å². The van der Waals surface area contributed by atoms with Crippen LogP contribution in [0.3, 0.4) is 0 Å². The molecule has 1 aliphatic rings. The van der Waals surface area contributed by atoms with E-state index in [4.69, 9.17) is 5.26 Å². The molecule has 3 nitrogen and oxygen atoms in total. The maximum Gasteiger partial charge on any atom is 0.0635 e. The molecular formula is C7H12N3. The lowest BCUT2D eigenvalue weighted by atomic mass is 10.3. The van der Waals surface area contributed by atoms with Crippen molar-refractivity contribution in [2.45, 2.75) is 6.42 Å². The highest BCUT2D eigenvalue weighted by molar-refractivity contribution is 4.74. The number of nitriles is 1. The smallest absolute Gasteiger partial charge is 0.0635 e. The Morgan fingerprint density at radius 1 is 1.40 bits per heavy atom. The second-order valence-electron chi connectivity index (χ2n) is 2.42. The van der Waals surface area contributed by atoms with Crippen molar-refractivity contribution >= 4 is 0 Å². The number of hydrogen-bond acceptors (Lipinski definition) is 2. The first-order valence-electron chi connectivity index (χ1n) is 3.66. The third-order valence-corrected chi connectivity index (χ3v) is 1.69. The second kappa shape index (κ2) is 4.26. The second-order valence-corrected chi connectivity index (χ2v) is 2.42. The van der Waals surface area contributed by atoms with Crippen molar-refractivity contribution in [3.05, 3.63) is 0 Å². The summed E-state index contributed by atoms with van der Waals surface area (Å²) in [7, 11) is 0. The molecule has 3 heteroatoms. The molecule has 0 aliphatic carbocycles. The van der Waals surface area contributed by atoms with Crippen LogP contribution < -0.4 is 5.32 Å². The fourth-order valence-electron chi connectivity index (χ4n) is 1.08. The summed E-state index contributed by atoms with van der Waals surface area (Å²) in [6.07, 6.45) is 0.653. The molecule has 0 saturated carbocycles. The Labute approximate surface area is 61.6 Å². The lowest BCUT2D eigenvalue weighted by Gasteiger charge is -2.24. The number of nitrogens with zero attached hydrogens (tertiary/aromatic N) is 3. The van der Waals surface area contributed by atoms with Crippen LogP contribution in [0.2, 0.25) is 0 Å². The molecule has 0 bridgehead atoms. The van der Waals surface area contributed by atoms with Crippen LogP contribution in [-0.2, 0) is 0 Å². The van der Waals surface area contributed by atoms with Crippen molar-refractivity contribution in [2.24, 2.45) is 0 Å². The molecule has 0 atom stereocenters. The summed E-state index contributed by atoms with van der Waals surface area (Å²) >= 11 is 0. The molecule has 1 radical (unpaired) electrons. The van der Waals surface area contributed by atoms with Crippen LogP contribution >= 0.6 is 0 Å². The fraction of sp³-hybridized carbons (Fsp3) is 0.857. The van der Waals surface area contributed by atoms with E-state index >= 15 is 0 Å². The zero-order valence-corrected chi connectivity index (χ0v) is 6.08. The lowest BCUT2D eigenvalue weighted by molar-refractivity contribution is 0.243. The van der Waals surface area contributed by atoms with E-state index in [0.717, 1.165) is 32.7 Å². The molecule has 1 aliphatic heterocycles. The maximum atomic E-state index is 8.30. The number of rotatable bonds is 2. The molecule has 10 heavy (non-hydrogen) atoms. The molecule has 0 aromatic heterocycles. The van der Waals surface area contributed by atoms with Gasteiger partial charge in [-0.3, -0.25) is 4.90 Å². The molecule has 55 valence electrons. The average molecular weight is 138 g/mol. The fourth-order valence-corrected chi connectivity index (χ4v) is 1.08. The number of hydrogen-bond donors (Lipinski definition) is 0. The first kappa shape index (κ1) is 7.52. The monoisotopic (exact) mass is 138 g/mol. The van der Waals surface area contributed by atoms with Gasteiger partial charge >= 0.3 is 0 Å². The van der Waals surface area contributed by atoms with Crippen LogP contribution in [0.5, 0.6) is 0 Å². The van der Waals surface area contributed by atoms with E-state index in [9.17, 15) is 0 Å². The van der Waals surface area contributed by atoms with Gasteiger partial charge in [-0.2, -0.15) is 5.26 Å². The first-order chi connectivity index (χ1) is 4.93. The van der Waals surface area contributed by atoms with Crippen molar-refractivity contribution in [2.75, 3.05) is 32.7 Å². The van der Waals surface area contributed by atoms with Gasteiger partial charge in [0.05, 0.1) is 6.07 Å². The van der Waals surface area contributed by atoms with Crippen LogP contribution in [0.25, 0.3) is 0 Å². The van der Waals surface area contributed by atoms with E-state index in [-0.39, 0.29) is 0 Å². The molecule has 1 saturated heterocycles. The topological polar surface area (TPSA) is 41.1 Å². The van der Waals surface area contributed by atoms with Gasteiger partial charge < -0.3 is 0 Å². The Kier molecular flexibility index (Phi) is 3.20. The summed E-state index contributed by atoms with van der Waals surface area (Å²) in [5.41, 5.74) is 0. The van der Waals surface area contributed by atoms with Gasteiger partial charge in [0.2, 0.25) is 0 Å². The van der Waals surface area contributed by atoms with E-state index in [2.05, 4.69) is 16.3 Å². The minimum absolute atomic E-state index is 0.653. The molecule has 0 spiro atoms. The summed E-state index contributed by atoms with van der Waals surface area (Å²) in [6.45, 7) is 4.91. The van der Waals surface area contributed by atoms with Crippen molar-refractivity contribution in [1.29, 1.82) is 5.26 Å². The molecule has 0 unspecified atom stereocenters. The molecule has 0 aromatic rings. The summed E-state index contributed by atoms with van der Waals surface area (Å²) < 4.78 is 0. The van der Waals surface area contributed by atoms with Crippen molar-refractivity contribution < 1.29 is 0 Å². The summed E-state index contributed by atoms with van der Waals surface area (Å²) in [5, 5.41) is 12.5. The van der Waals surface area contributed by atoms with Gasteiger partial charge in [-0.1, -0.05) is 0 Å². The molecular weight excluding hydrogens is 126 g/mol. The van der Waals surface area contributed by atoms with E-state index < -0.39 is 0 Å². The minimum Gasteiger partial charge on any atom is -0.300 e. The molecule has 0 amide bonds. The summed E-state index contributed by atoms with van der Waals surface area (Å²) in [4.78, 5) is 2.29. The Morgan fingerprint density at radius 3 is 2.70 bits per heavy atom. The third-order valence-electron chi connectivity index (χ3n) is 1.69. The maximum absolute atomic E-state index is 8.30. The predicted molar refractivity (Wildman–Crippen MR) is 38.5 cm³/mol. The third kappa shape index (κ3) is 2.34. The van der Waals surface area contributed by atoms with E-state index in [1.165, 1.54) is 0 Å². The van der Waals surface area contributed by atoms with E-state index in [0.29, 0.717) is 6.42 Å². The van der Waals surface area contributed by atoms with Gasteiger partial charge in [0.25, 0.3) is 0 Å². The predicted octanol–water partition coefficient (Wildman–Crippen LogP) is -0.180. The highest BCUT2D eigenvalue weighted by Crippen LogP contribution is 1.93. The Bertz CT molecular complexity index is 121. The zero-order valence-electron chi connectivity index (χ0n) is 6.08. The van der Waals surface area contributed by atoms with Gasteiger partial charge in [0.15, 0.2) is 0 Å². The quantitative estimate of drug-likeness (QED) is 0.531. The molecule has 1 heterocycles. The van der Waals surface area contributed by atoms with Crippen molar-refractivity contribution in [3.63, 3.8) is 0 Å². The molecule has 0 aromatic carbocycles. The standard InChI is InChI=1S/C7H12N3/c8-2-1-5-10-6-3-9-4-7-10/h1,3-7H2. The van der Waals surface area contributed by atoms with Crippen LogP contribution in [0.15, 0.2) is 0 Å². The van der Waals surface area contributed by atoms with E-state index in [1.807, 2.05) is 0 Å². The minimum atomic E-state index is 0.653. The highest BCUT2D eigenvalue weighted by Gasteiger charge is 2.08. The Hall–Kier alpha value is -0.590. The number of piperazine rings is 1. The van der Waals surface area contributed by atoms with Crippen LogP contribution in [0.4, 0.5) is 0 Å². The van der Waals surface area contributed by atoms with Crippen LogP contribution in [0.1, 0.15) is 6.42 Å². The summed E-state index contributed by atoms with van der Waals surface area (Å²) in [5.74, 6) is 0. The lowest BCUT2D eigenvalue weighted by Crippen LogP contribution is -2.40. The SMILES string of the molecule is N#CCCN1CC[N]CC1. The van der Waals surface area contributed by atoms with Gasteiger partial charge in [0, 0.05) is 39.1 Å². The Balaban J connectivity index is 2.09. The Morgan fingerprint density at radius 2 is 2.10 bits per heavy atom. The van der Waals surface area contributed by atoms with Crippen molar-refractivity contribution in [1.82, 2.24) is 10.2 Å². The van der Waals surface area contributed by atoms with Gasteiger partial charge in [-0.05, 0) is 0 Å². The zero-order chi connectivity index (χ0) is 7.23. The largest absolute Gasteiger partial charge is 0.300 e.